The minimum absolute atomic E-state index is 0.0324. The van der Waals surface area contributed by atoms with E-state index in [0.29, 0.717) is 19.6 Å². The zero-order valence-corrected chi connectivity index (χ0v) is 12.0. The van der Waals surface area contributed by atoms with Crippen molar-refractivity contribution < 1.29 is 14.0 Å². The maximum absolute atomic E-state index is 12.4. The first-order valence-corrected chi connectivity index (χ1v) is 6.82. The predicted octanol–water partition coefficient (Wildman–Crippen LogP) is 1.34. The standard InChI is InChI=1S/C14H21N3O3/c1-10-5-6-12(20-10)9-16(2)13(18)11-4-3-7-17(8-11)14(15)19/h5-6,11H,3-4,7-9H2,1-2H3,(H2,15,19)/t11-/m0/s1. The number of rotatable bonds is 3. The highest BCUT2D eigenvalue weighted by Gasteiger charge is 2.29. The minimum atomic E-state index is -0.452. The van der Waals surface area contributed by atoms with Crippen LogP contribution in [0.2, 0.25) is 0 Å². The van der Waals surface area contributed by atoms with Gasteiger partial charge in [-0.15, -0.1) is 0 Å². The lowest BCUT2D eigenvalue weighted by molar-refractivity contribution is -0.136. The van der Waals surface area contributed by atoms with Gasteiger partial charge in [-0.05, 0) is 31.9 Å². The van der Waals surface area contributed by atoms with Crippen molar-refractivity contribution in [1.82, 2.24) is 9.80 Å². The molecular formula is C14H21N3O3. The van der Waals surface area contributed by atoms with Crippen molar-refractivity contribution in [3.63, 3.8) is 0 Å². The Labute approximate surface area is 118 Å². The first kappa shape index (κ1) is 14.4. The van der Waals surface area contributed by atoms with Gasteiger partial charge in [0.2, 0.25) is 5.91 Å². The largest absolute Gasteiger partial charge is 0.464 e. The third kappa shape index (κ3) is 3.31. The number of hydrogen-bond acceptors (Lipinski definition) is 3. The van der Waals surface area contributed by atoms with E-state index >= 15 is 0 Å². The number of amides is 3. The van der Waals surface area contributed by atoms with Crippen molar-refractivity contribution in [2.45, 2.75) is 26.3 Å². The van der Waals surface area contributed by atoms with Crippen LogP contribution < -0.4 is 5.73 Å². The number of piperidine rings is 1. The Bertz CT molecular complexity index is 498. The first-order chi connectivity index (χ1) is 9.47. The predicted molar refractivity (Wildman–Crippen MR) is 73.8 cm³/mol. The van der Waals surface area contributed by atoms with Gasteiger partial charge in [0.1, 0.15) is 11.5 Å². The fourth-order valence-electron chi connectivity index (χ4n) is 2.57. The summed E-state index contributed by atoms with van der Waals surface area (Å²) in [5.41, 5.74) is 5.28. The molecule has 6 nitrogen and oxygen atoms in total. The molecule has 0 spiro atoms. The average Bonchev–Trinajstić information content (AvgIpc) is 2.83. The zero-order valence-electron chi connectivity index (χ0n) is 12.0. The molecule has 2 rings (SSSR count). The van der Waals surface area contributed by atoms with Crippen molar-refractivity contribution in [3.05, 3.63) is 23.7 Å². The summed E-state index contributed by atoms with van der Waals surface area (Å²) in [7, 11) is 1.75. The maximum atomic E-state index is 12.4. The van der Waals surface area contributed by atoms with E-state index in [2.05, 4.69) is 0 Å². The van der Waals surface area contributed by atoms with E-state index in [1.54, 1.807) is 11.9 Å². The van der Waals surface area contributed by atoms with E-state index in [0.717, 1.165) is 24.4 Å². The highest BCUT2D eigenvalue weighted by molar-refractivity contribution is 5.80. The van der Waals surface area contributed by atoms with Crippen LogP contribution >= 0.6 is 0 Å². The second-order valence-corrected chi connectivity index (χ2v) is 5.33. The van der Waals surface area contributed by atoms with E-state index in [1.165, 1.54) is 4.90 Å². The summed E-state index contributed by atoms with van der Waals surface area (Å²) in [6, 6.07) is 3.30. The van der Waals surface area contributed by atoms with Crippen LogP contribution in [-0.4, -0.2) is 41.9 Å². The van der Waals surface area contributed by atoms with Gasteiger partial charge in [0.15, 0.2) is 0 Å². The summed E-state index contributed by atoms with van der Waals surface area (Å²) in [6.45, 7) is 3.37. The van der Waals surface area contributed by atoms with E-state index in [9.17, 15) is 9.59 Å². The molecule has 6 heteroatoms. The molecule has 0 saturated carbocycles. The number of hydrogen-bond donors (Lipinski definition) is 1. The van der Waals surface area contributed by atoms with Gasteiger partial charge in [0.25, 0.3) is 0 Å². The smallest absolute Gasteiger partial charge is 0.314 e. The van der Waals surface area contributed by atoms with Gasteiger partial charge in [-0.2, -0.15) is 0 Å². The molecule has 0 aromatic carbocycles. The molecule has 1 aromatic rings. The monoisotopic (exact) mass is 279 g/mol. The normalized spacial score (nSPS) is 18.9. The molecule has 1 aliphatic heterocycles. The zero-order chi connectivity index (χ0) is 14.7. The number of aryl methyl sites for hydroxylation is 1. The van der Waals surface area contributed by atoms with E-state index < -0.39 is 6.03 Å². The van der Waals surface area contributed by atoms with E-state index in [4.69, 9.17) is 10.2 Å². The van der Waals surface area contributed by atoms with Crippen molar-refractivity contribution in [3.8, 4) is 0 Å². The Kier molecular flexibility index (Phi) is 4.32. The van der Waals surface area contributed by atoms with Gasteiger partial charge >= 0.3 is 6.03 Å². The summed E-state index contributed by atoms with van der Waals surface area (Å²) in [5.74, 6) is 1.46. The molecule has 110 valence electrons. The second kappa shape index (κ2) is 5.98. The molecule has 2 N–H and O–H groups in total. The summed E-state index contributed by atoms with van der Waals surface area (Å²) in [4.78, 5) is 26.8. The van der Waals surface area contributed by atoms with E-state index in [-0.39, 0.29) is 11.8 Å². The van der Waals surface area contributed by atoms with Crippen LogP contribution in [0.15, 0.2) is 16.5 Å². The molecule has 0 aliphatic carbocycles. The molecule has 1 fully saturated rings. The number of furan rings is 1. The van der Waals surface area contributed by atoms with Gasteiger partial charge in [0, 0.05) is 20.1 Å². The number of primary amides is 1. The van der Waals surface area contributed by atoms with Crippen LogP contribution in [0.3, 0.4) is 0 Å². The van der Waals surface area contributed by atoms with Crippen molar-refractivity contribution in [1.29, 1.82) is 0 Å². The number of carbonyl (C=O) groups is 2. The van der Waals surface area contributed by atoms with Crippen LogP contribution in [0.1, 0.15) is 24.4 Å². The molecule has 1 aromatic heterocycles. The fraction of sp³-hybridized carbons (Fsp3) is 0.571. The Balaban J connectivity index is 1.94. The Morgan fingerprint density at radius 3 is 2.85 bits per heavy atom. The summed E-state index contributed by atoms with van der Waals surface area (Å²) >= 11 is 0. The van der Waals surface area contributed by atoms with Crippen LogP contribution in [0.5, 0.6) is 0 Å². The van der Waals surface area contributed by atoms with Crippen molar-refractivity contribution in [2.24, 2.45) is 11.7 Å². The molecule has 1 atom stereocenters. The molecule has 1 aliphatic rings. The Morgan fingerprint density at radius 1 is 1.50 bits per heavy atom. The molecule has 0 radical (unpaired) electrons. The van der Waals surface area contributed by atoms with Gasteiger partial charge in [0.05, 0.1) is 12.5 Å². The number of nitrogens with two attached hydrogens (primary N) is 1. The summed E-state index contributed by atoms with van der Waals surface area (Å²) in [5, 5.41) is 0. The maximum Gasteiger partial charge on any atom is 0.314 e. The summed E-state index contributed by atoms with van der Waals surface area (Å²) < 4.78 is 5.47. The molecule has 0 unspecified atom stereocenters. The molecule has 2 heterocycles. The lowest BCUT2D eigenvalue weighted by Gasteiger charge is -2.32. The topological polar surface area (TPSA) is 79.8 Å². The summed E-state index contributed by atoms with van der Waals surface area (Å²) in [6.07, 6.45) is 1.61. The SMILES string of the molecule is Cc1ccc(CN(C)C(=O)[C@H]2CCCN(C(N)=O)C2)o1. The molecular weight excluding hydrogens is 258 g/mol. The van der Waals surface area contributed by atoms with Gasteiger partial charge in [-0.25, -0.2) is 4.79 Å². The number of nitrogens with zero attached hydrogens (tertiary/aromatic N) is 2. The average molecular weight is 279 g/mol. The number of likely N-dealkylation sites (tertiary alicyclic amines) is 1. The van der Waals surface area contributed by atoms with Crippen molar-refractivity contribution in [2.75, 3.05) is 20.1 Å². The van der Waals surface area contributed by atoms with Crippen molar-refractivity contribution >= 4 is 11.9 Å². The molecule has 1 saturated heterocycles. The quantitative estimate of drug-likeness (QED) is 0.906. The van der Waals surface area contributed by atoms with Crippen LogP contribution in [0.4, 0.5) is 4.79 Å². The third-order valence-electron chi connectivity index (χ3n) is 3.65. The lowest BCUT2D eigenvalue weighted by Crippen LogP contribution is -2.47. The number of urea groups is 1. The Morgan fingerprint density at radius 2 is 2.25 bits per heavy atom. The van der Waals surface area contributed by atoms with E-state index in [1.807, 2.05) is 19.1 Å². The van der Waals surface area contributed by atoms with Crippen LogP contribution in [0, 0.1) is 12.8 Å². The van der Waals surface area contributed by atoms with Crippen LogP contribution in [-0.2, 0) is 11.3 Å². The Hall–Kier alpha value is -1.98. The minimum Gasteiger partial charge on any atom is -0.464 e. The highest BCUT2D eigenvalue weighted by Crippen LogP contribution is 2.19. The van der Waals surface area contributed by atoms with Crippen LogP contribution in [0.25, 0.3) is 0 Å². The second-order valence-electron chi connectivity index (χ2n) is 5.33. The molecule has 20 heavy (non-hydrogen) atoms. The molecule has 3 amide bonds. The van der Waals surface area contributed by atoms with Gasteiger partial charge in [-0.1, -0.05) is 0 Å². The molecule has 0 bridgehead atoms. The third-order valence-corrected chi connectivity index (χ3v) is 3.65. The van der Waals surface area contributed by atoms with Gasteiger partial charge in [-0.3, -0.25) is 4.79 Å². The first-order valence-electron chi connectivity index (χ1n) is 6.82. The van der Waals surface area contributed by atoms with Gasteiger partial charge < -0.3 is 20.0 Å². The fourth-order valence-corrected chi connectivity index (χ4v) is 2.57. The highest BCUT2D eigenvalue weighted by atomic mass is 16.3. The lowest BCUT2D eigenvalue weighted by atomic mass is 9.97. The number of carbonyl (C=O) groups excluding carboxylic acids is 2.